The van der Waals surface area contributed by atoms with Crippen LogP contribution in [0.15, 0.2) is 18.2 Å². The van der Waals surface area contributed by atoms with Gasteiger partial charge in [0, 0.05) is 25.0 Å². The number of nitrogens with one attached hydrogen (secondary N) is 1. The van der Waals surface area contributed by atoms with Crippen molar-refractivity contribution in [3.8, 4) is 5.75 Å². The van der Waals surface area contributed by atoms with E-state index in [1.807, 2.05) is 19.1 Å². The van der Waals surface area contributed by atoms with Crippen molar-refractivity contribution in [2.45, 2.75) is 71.3 Å². The molecule has 6 heteroatoms. The van der Waals surface area contributed by atoms with Crippen molar-refractivity contribution in [2.75, 3.05) is 24.6 Å². The Morgan fingerprint density at radius 1 is 1.18 bits per heavy atom. The van der Waals surface area contributed by atoms with E-state index in [1.54, 1.807) is 11.3 Å². The molecule has 4 saturated carbocycles. The molecule has 5 nitrogen and oxygen atoms in total. The van der Waals surface area contributed by atoms with Crippen LogP contribution in [0.1, 0.15) is 65.2 Å². The summed E-state index contributed by atoms with van der Waals surface area (Å²) in [5, 5.41) is 4.59. The van der Waals surface area contributed by atoms with E-state index in [1.165, 1.54) is 43.2 Å². The van der Waals surface area contributed by atoms with E-state index in [9.17, 15) is 4.79 Å². The number of fused-ring (bicyclic) bond motifs is 1. The SMILES string of the molecule is CCOc1ccc2nc(N3CCC(C(=O)N[C@H](C)C45CC6CC(CC(C6)C4)C5)CC3)sc2c1. The minimum Gasteiger partial charge on any atom is -0.494 e. The van der Waals surface area contributed by atoms with Crippen LogP contribution in [0, 0.1) is 29.1 Å². The van der Waals surface area contributed by atoms with Crippen LogP contribution in [-0.4, -0.2) is 36.6 Å². The molecular weight excluding hydrogens is 430 g/mol. The fraction of sp³-hybridized carbons (Fsp3) is 0.704. The third-order valence-electron chi connectivity index (χ3n) is 9.16. The van der Waals surface area contributed by atoms with Gasteiger partial charge in [-0.2, -0.15) is 0 Å². The maximum absolute atomic E-state index is 13.2. The highest BCUT2D eigenvalue weighted by molar-refractivity contribution is 7.22. The van der Waals surface area contributed by atoms with Crippen molar-refractivity contribution >= 4 is 32.6 Å². The number of nitrogens with zero attached hydrogens (tertiary/aromatic N) is 2. The number of anilines is 1. The molecule has 5 fully saturated rings. The molecule has 2 heterocycles. The van der Waals surface area contributed by atoms with Crippen molar-refractivity contribution in [1.82, 2.24) is 10.3 Å². The van der Waals surface area contributed by atoms with Gasteiger partial charge in [-0.05, 0) is 107 Å². The summed E-state index contributed by atoms with van der Waals surface area (Å²) in [7, 11) is 0. The van der Waals surface area contributed by atoms with Crippen LogP contribution < -0.4 is 15.0 Å². The smallest absolute Gasteiger partial charge is 0.223 e. The van der Waals surface area contributed by atoms with Crippen molar-refractivity contribution in [3.63, 3.8) is 0 Å². The second kappa shape index (κ2) is 8.44. The summed E-state index contributed by atoms with van der Waals surface area (Å²) in [6.07, 6.45) is 10.2. The summed E-state index contributed by atoms with van der Waals surface area (Å²) < 4.78 is 6.81. The standard InChI is InChI=1S/C27H37N3O2S/c1-3-32-22-4-5-23-24(13-22)33-26(29-23)30-8-6-21(7-9-30)25(31)28-17(2)27-14-18-10-19(15-27)12-20(11-18)16-27/h4-5,13,17-21H,3,6-12,14-16H2,1-2H3,(H,28,31)/t17-,18?,19?,20?,27?/m1/s1. The fourth-order valence-corrected chi connectivity index (χ4v) is 8.86. The van der Waals surface area contributed by atoms with Gasteiger partial charge in [0.05, 0.1) is 16.8 Å². The number of aromatic nitrogens is 1. The van der Waals surface area contributed by atoms with Crippen LogP contribution in [0.2, 0.25) is 0 Å². The Bertz CT molecular complexity index is 990. The quantitative estimate of drug-likeness (QED) is 0.598. The summed E-state index contributed by atoms with van der Waals surface area (Å²) >= 11 is 1.73. The molecule has 0 unspecified atom stereocenters. The van der Waals surface area contributed by atoms with E-state index >= 15 is 0 Å². The highest BCUT2D eigenvalue weighted by atomic mass is 32.1. The molecule has 4 aliphatic carbocycles. The molecule has 1 saturated heterocycles. The van der Waals surface area contributed by atoms with Crippen LogP contribution in [-0.2, 0) is 4.79 Å². The summed E-state index contributed by atoms with van der Waals surface area (Å²) in [6.45, 7) is 6.79. The number of hydrogen-bond donors (Lipinski definition) is 1. The van der Waals surface area contributed by atoms with Crippen LogP contribution >= 0.6 is 11.3 Å². The third-order valence-corrected chi connectivity index (χ3v) is 10.2. The first kappa shape index (κ1) is 21.7. The topological polar surface area (TPSA) is 54.5 Å². The van der Waals surface area contributed by atoms with Crippen molar-refractivity contribution < 1.29 is 9.53 Å². The Labute approximate surface area is 201 Å². The van der Waals surface area contributed by atoms with E-state index in [-0.39, 0.29) is 5.92 Å². The average Bonchev–Trinajstić information content (AvgIpc) is 3.22. The van der Waals surface area contributed by atoms with E-state index in [0.717, 1.165) is 60.1 Å². The lowest BCUT2D eigenvalue weighted by Gasteiger charge is -2.59. The molecule has 1 amide bonds. The largest absolute Gasteiger partial charge is 0.494 e. The molecule has 1 aliphatic heterocycles. The van der Waals surface area contributed by atoms with Gasteiger partial charge in [-0.25, -0.2) is 4.98 Å². The highest BCUT2D eigenvalue weighted by Gasteiger charge is 2.53. The third kappa shape index (κ3) is 4.02. The van der Waals surface area contributed by atoms with Gasteiger partial charge in [0.1, 0.15) is 5.75 Å². The Balaban J connectivity index is 1.06. The first-order chi connectivity index (χ1) is 16.0. The Morgan fingerprint density at radius 3 is 2.48 bits per heavy atom. The first-order valence-electron chi connectivity index (χ1n) is 13.1. The lowest BCUT2D eigenvalue weighted by molar-refractivity contribution is -0.130. The summed E-state index contributed by atoms with van der Waals surface area (Å²) in [4.78, 5) is 20.4. The molecular formula is C27H37N3O2S. The molecule has 1 aromatic carbocycles. The number of carbonyl (C=O) groups excluding carboxylic acids is 1. The Kier molecular flexibility index (Phi) is 5.55. The van der Waals surface area contributed by atoms with Gasteiger partial charge >= 0.3 is 0 Å². The van der Waals surface area contributed by atoms with Crippen LogP contribution in [0.25, 0.3) is 10.2 Å². The summed E-state index contributed by atoms with van der Waals surface area (Å²) in [6, 6.07) is 6.45. The van der Waals surface area contributed by atoms with Crippen molar-refractivity contribution in [1.29, 1.82) is 0 Å². The molecule has 178 valence electrons. The van der Waals surface area contributed by atoms with Crippen molar-refractivity contribution in [3.05, 3.63) is 18.2 Å². The zero-order chi connectivity index (χ0) is 22.6. The maximum Gasteiger partial charge on any atom is 0.223 e. The van der Waals surface area contributed by atoms with E-state index in [0.29, 0.717) is 24.0 Å². The number of thiazole rings is 1. The second-order valence-electron chi connectivity index (χ2n) is 11.3. The first-order valence-corrected chi connectivity index (χ1v) is 13.9. The number of rotatable bonds is 6. The highest BCUT2D eigenvalue weighted by Crippen LogP contribution is 2.61. The van der Waals surface area contributed by atoms with E-state index in [4.69, 9.17) is 9.72 Å². The van der Waals surface area contributed by atoms with Crippen LogP contribution in [0.5, 0.6) is 5.75 Å². The van der Waals surface area contributed by atoms with Crippen LogP contribution in [0.3, 0.4) is 0 Å². The molecule has 0 radical (unpaired) electrons. The van der Waals surface area contributed by atoms with Crippen LogP contribution in [0.4, 0.5) is 5.13 Å². The molecule has 1 atom stereocenters. The maximum atomic E-state index is 13.2. The molecule has 4 bridgehead atoms. The number of carbonyl (C=O) groups is 1. The van der Waals surface area contributed by atoms with Gasteiger partial charge in [-0.15, -0.1) is 0 Å². The molecule has 1 N–H and O–H groups in total. The molecule has 1 aromatic heterocycles. The van der Waals surface area contributed by atoms with Gasteiger partial charge < -0.3 is 15.0 Å². The number of benzene rings is 1. The second-order valence-corrected chi connectivity index (χ2v) is 12.3. The number of amides is 1. The lowest BCUT2D eigenvalue weighted by Crippen LogP contribution is -2.56. The zero-order valence-electron chi connectivity index (χ0n) is 20.0. The van der Waals surface area contributed by atoms with Crippen molar-refractivity contribution in [2.24, 2.45) is 29.1 Å². The van der Waals surface area contributed by atoms with E-state index < -0.39 is 0 Å². The number of ether oxygens (including phenoxy) is 1. The number of piperidine rings is 1. The molecule has 5 aliphatic rings. The zero-order valence-corrected chi connectivity index (χ0v) is 20.8. The van der Waals surface area contributed by atoms with Gasteiger partial charge in [0.2, 0.25) is 5.91 Å². The van der Waals surface area contributed by atoms with Gasteiger partial charge in [0.25, 0.3) is 0 Å². The normalized spacial score (nSPS) is 32.3. The summed E-state index contributed by atoms with van der Waals surface area (Å²) in [5.41, 5.74) is 1.41. The van der Waals surface area contributed by atoms with Gasteiger partial charge in [-0.3, -0.25) is 4.79 Å². The van der Waals surface area contributed by atoms with E-state index in [2.05, 4.69) is 23.2 Å². The predicted molar refractivity (Wildman–Crippen MR) is 134 cm³/mol. The lowest BCUT2D eigenvalue weighted by atomic mass is 9.48. The molecule has 7 rings (SSSR count). The molecule has 2 aromatic rings. The fourth-order valence-electron chi connectivity index (χ4n) is 7.81. The number of hydrogen-bond acceptors (Lipinski definition) is 5. The monoisotopic (exact) mass is 467 g/mol. The molecule has 33 heavy (non-hydrogen) atoms. The van der Waals surface area contributed by atoms with Gasteiger partial charge in [-0.1, -0.05) is 11.3 Å². The Hall–Kier alpha value is -1.82. The van der Waals surface area contributed by atoms with Gasteiger partial charge in [0.15, 0.2) is 5.13 Å². The minimum atomic E-state index is 0.136. The molecule has 0 spiro atoms. The predicted octanol–water partition coefficient (Wildman–Crippen LogP) is 5.63. The summed E-state index contributed by atoms with van der Waals surface area (Å²) in [5.74, 6) is 4.12. The minimum absolute atomic E-state index is 0.136. The Morgan fingerprint density at radius 2 is 1.85 bits per heavy atom. The average molecular weight is 468 g/mol.